The number of carboxylic acid groups (broad SMARTS) is 1. The Balaban J connectivity index is 2.51. The molecule has 1 heterocycles. The monoisotopic (exact) mass is 238 g/mol. The first kappa shape index (κ1) is 11.3. The Morgan fingerprint density at radius 3 is 2.35 bits per heavy atom. The van der Waals surface area contributed by atoms with Crippen LogP contribution in [0.25, 0.3) is 11.3 Å². The maximum atomic E-state index is 12.6. The minimum atomic E-state index is -2.95. The van der Waals surface area contributed by atoms with Crippen LogP contribution in [0.2, 0.25) is 0 Å². The molecule has 0 fully saturated rings. The molecule has 0 aliphatic heterocycles. The van der Waals surface area contributed by atoms with E-state index in [2.05, 4.69) is 0 Å². The Morgan fingerprint density at radius 2 is 1.88 bits per heavy atom. The molecule has 2 rings (SSSR count). The molecule has 1 aromatic heterocycles. The lowest BCUT2D eigenvalue weighted by molar-refractivity contribution is 0.0673. The van der Waals surface area contributed by atoms with Crippen molar-refractivity contribution in [3.8, 4) is 11.3 Å². The molecule has 1 aromatic carbocycles. The maximum Gasteiger partial charge on any atom is 0.339 e. The van der Waals surface area contributed by atoms with Crippen LogP contribution in [0.1, 0.15) is 22.5 Å². The van der Waals surface area contributed by atoms with Gasteiger partial charge in [0.2, 0.25) is 0 Å². The molecule has 0 saturated heterocycles. The third-order valence-electron chi connectivity index (χ3n) is 2.25. The zero-order valence-electron chi connectivity index (χ0n) is 8.56. The highest BCUT2D eigenvalue weighted by molar-refractivity contribution is 5.90. The Labute approximate surface area is 95.3 Å². The van der Waals surface area contributed by atoms with E-state index in [-0.39, 0.29) is 5.76 Å². The summed E-state index contributed by atoms with van der Waals surface area (Å²) in [6, 6.07) is 9.60. The number of carboxylic acids is 1. The highest BCUT2D eigenvalue weighted by Gasteiger charge is 2.24. The van der Waals surface area contributed by atoms with Crippen LogP contribution < -0.4 is 0 Å². The molecule has 0 bridgehead atoms. The minimum absolute atomic E-state index is 0.123. The molecule has 0 aliphatic carbocycles. The average molecular weight is 238 g/mol. The Bertz CT molecular complexity index is 532. The summed E-state index contributed by atoms with van der Waals surface area (Å²) < 4.78 is 30.0. The molecular formula is C12H8F2O3. The quantitative estimate of drug-likeness (QED) is 0.888. The van der Waals surface area contributed by atoms with Gasteiger partial charge in [-0.25, -0.2) is 13.6 Å². The van der Waals surface area contributed by atoms with E-state index in [1.165, 1.54) is 0 Å². The molecule has 88 valence electrons. The van der Waals surface area contributed by atoms with E-state index in [1.54, 1.807) is 30.3 Å². The number of rotatable bonds is 3. The minimum Gasteiger partial charge on any atom is -0.478 e. The SMILES string of the molecule is O=C(O)c1cc(-c2ccccc2)oc1C(F)F. The first-order valence-electron chi connectivity index (χ1n) is 4.80. The first-order chi connectivity index (χ1) is 8.09. The number of furan rings is 1. The number of benzene rings is 1. The standard InChI is InChI=1S/C12H8F2O3/c13-11(14)10-8(12(15)16)6-9(17-10)7-4-2-1-3-5-7/h1-6,11H,(H,15,16). The molecule has 0 amide bonds. The van der Waals surface area contributed by atoms with Crippen LogP contribution in [0.4, 0.5) is 8.78 Å². The van der Waals surface area contributed by atoms with Crippen molar-refractivity contribution in [1.29, 1.82) is 0 Å². The van der Waals surface area contributed by atoms with Crippen LogP contribution in [-0.2, 0) is 0 Å². The number of halogens is 2. The number of hydrogen-bond donors (Lipinski definition) is 1. The van der Waals surface area contributed by atoms with Crippen LogP contribution >= 0.6 is 0 Å². The second kappa shape index (κ2) is 4.37. The molecule has 1 N–H and O–H groups in total. The van der Waals surface area contributed by atoms with E-state index in [4.69, 9.17) is 9.52 Å². The van der Waals surface area contributed by atoms with Crippen LogP contribution in [-0.4, -0.2) is 11.1 Å². The number of carbonyl (C=O) groups is 1. The van der Waals surface area contributed by atoms with E-state index in [1.807, 2.05) is 0 Å². The van der Waals surface area contributed by atoms with Crippen molar-refractivity contribution >= 4 is 5.97 Å². The van der Waals surface area contributed by atoms with Crippen molar-refractivity contribution in [2.45, 2.75) is 6.43 Å². The summed E-state index contributed by atoms with van der Waals surface area (Å²) in [6.45, 7) is 0. The highest BCUT2D eigenvalue weighted by Crippen LogP contribution is 2.31. The lowest BCUT2D eigenvalue weighted by atomic mass is 10.1. The normalized spacial score (nSPS) is 10.8. The molecule has 0 spiro atoms. The number of aromatic carboxylic acids is 1. The predicted octanol–water partition coefficient (Wildman–Crippen LogP) is 3.58. The van der Waals surface area contributed by atoms with Gasteiger partial charge in [0, 0.05) is 5.56 Å². The summed E-state index contributed by atoms with van der Waals surface area (Å²) >= 11 is 0. The van der Waals surface area contributed by atoms with Gasteiger partial charge >= 0.3 is 5.97 Å². The fourth-order valence-corrected chi connectivity index (χ4v) is 1.48. The third-order valence-corrected chi connectivity index (χ3v) is 2.25. The Morgan fingerprint density at radius 1 is 1.24 bits per heavy atom. The van der Waals surface area contributed by atoms with Gasteiger partial charge < -0.3 is 9.52 Å². The van der Waals surface area contributed by atoms with Crippen molar-refractivity contribution in [2.75, 3.05) is 0 Å². The van der Waals surface area contributed by atoms with Gasteiger partial charge in [0.1, 0.15) is 11.3 Å². The Hall–Kier alpha value is -2.17. The van der Waals surface area contributed by atoms with Gasteiger partial charge in [-0.1, -0.05) is 30.3 Å². The molecule has 3 nitrogen and oxygen atoms in total. The molecule has 0 saturated carbocycles. The summed E-state index contributed by atoms with van der Waals surface area (Å²) in [5.74, 6) is -2.11. The first-order valence-corrected chi connectivity index (χ1v) is 4.80. The highest BCUT2D eigenvalue weighted by atomic mass is 19.3. The zero-order chi connectivity index (χ0) is 12.4. The summed E-state index contributed by atoms with van der Waals surface area (Å²) in [5.41, 5.74) is 0.0563. The van der Waals surface area contributed by atoms with Crippen LogP contribution in [0.15, 0.2) is 40.8 Å². The molecule has 0 unspecified atom stereocenters. The fourth-order valence-electron chi connectivity index (χ4n) is 1.48. The zero-order valence-corrected chi connectivity index (χ0v) is 8.56. The molecule has 0 radical (unpaired) electrons. The lowest BCUT2D eigenvalue weighted by Gasteiger charge is -1.96. The van der Waals surface area contributed by atoms with E-state index in [0.29, 0.717) is 5.56 Å². The molecular weight excluding hydrogens is 230 g/mol. The van der Waals surface area contributed by atoms with Crippen molar-refractivity contribution < 1.29 is 23.1 Å². The molecule has 5 heteroatoms. The second-order valence-corrected chi connectivity index (χ2v) is 3.36. The van der Waals surface area contributed by atoms with Gasteiger partial charge in [-0.05, 0) is 6.07 Å². The Kier molecular flexibility index (Phi) is 2.91. The van der Waals surface area contributed by atoms with E-state index < -0.39 is 23.7 Å². The number of alkyl halides is 2. The fraction of sp³-hybridized carbons (Fsp3) is 0.0833. The van der Waals surface area contributed by atoms with Crippen LogP contribution in [0.3, 0.4) is 0 Å². The van der Waals surface area contributed by atoms with E-state index in [0.717, 1.165) is 6.07 Å². The van der Waals surface area contributed by atoms with Crippen LogP contribution in [0, 0.1) is 0 Å². The topological polar surface area (TPSA) is 50.4 Å². The van der Waals surface area contributed by atoms with E-state index in [9.17, 15) is 13.6 Å². The van der Waals surface area contributed by atoms with Gasteiger partial charge in [0.25, 0.3) is 6.43 Å². The van der Waals surface area contributed by atoms with Gasteiger partial charge in [-0.2, -0.15) is 0 Å². The van der Waals surface area contributed by atoms with Crippen LogP contribution in [0.5, 0.6) is 0 Å². The third kappa shape index (κ3) is 2.18. The van der Waals surface area contributed by atoms with Gasteiger partial charge in [0.15, 0.2) is 5.76 Å². The molecule has 2 aromatic rings. The molecule has 17 heavy (non-hydrogen) atoms. The summed E-state index contributed by atoms with van der Waals surface area (Å²) in [6.07, 6.45) is -2.95. The maximum absolute atomic E-state index is 12.6. The summed E-state index contributed by atoms with van der Waals surface area (Å²) in [5, 5.41) is 8.78. The second-order valence-electron chi connectivity index (χ2n) is 3.36. The summed E-state index contributed by atoms with van der Waals surface area (Å²) in [7, 11) is 0. The molecule has 0 atom stereocenters. The summed E-state index contributed by atoms with van der Waals surface area (Å²) in [4.78, 5) is 10.8. The van der Waals surface area contributed by atoms with Crippen molar-refractivity contribution in [3.63, 3.8) is 0 Å². The van der Waals surface area contributed by atoms with Crippen molar-refractivity contribution in [3.05, 3.63) is 47.7 Å². The predicted molar refractivity (Wildman–Crippen MR) is 56.1 cm³/mol. The van der Waals surface area contributed by atoms with Gasteiger partial charge in [-0.15, -0.1) is 0 Å². The average Bonchev–Trinajstić information content (AvgIpc) is 2.75. The number of hydrogen-bond acceptors (Lipinski definition) is 2. The van der Waals surface area contributed by atoms with Gasteiger partial charge in [0.05, 0.1) is 0 Å². The molecule has 0 aliphatic rings. The lowest BCUT2D eigenvalue weighted by Crippen LogP contribution is -1.98. The smallest absolute Gasteiger partial charge is 0.339 e. The van der Waals surface area contributed by atoms with Gasteiger partial charge in [-0.3, -0.25) is 0 Å². The van der Waals surface area contributed by atoms with Crippen molar-refractivity contribution in [1.82, 2.24) is 0 Å². The van der Waals surface area contributed by atoms with Crippen molar-refractivity contribution in [2.24, 2.45) is 0 Å². The largest absolute Gasteiger partial charge is 0.478 e. The van der Waals surface area contributed by atoms with E-state index >= 15 is 0 Å².